The van der Waals surface area contributed by atoms with E-state index in [4.69, 9.17) is 23.2 Å². The highest BCUT2D eigenvalue weighted by molar-refractivity contribution is 6.44. The summed E-state index contributed by atoms with van der Waals surface area (Å²) < 4.78 is 0. The van der Waals surface area contributed by atoms with E-state index >= 15 is 0 Å². The molecule has 0 saturated heterocycles. The van der Waals surface area contributed by atoms with Crippen LogP contribution in [0.1, 0.15) is 15.9 Å². The summed E-state index contributed by atoms with van der Waals surface area (Å²) in [5.74, 6) is -1.26. The van der Waals surface area contributed by atoms with E-state index < -0.39 is 28.5 Å². The Morgan fingerprint density at radius 2 is 1.84 bits per heavy atom. The monoisotopic (exact) mass is 379 g/mol. The van der Waals surface area contributed by atoms with Gasteiger partial charge < -0.3 is 10.6 Å². The summed E-state index contributed by atoms with van der Waals surface area (Å²) in [6, 6.07) is 9.42. The Balaban J connectivity index is 2.02. The van der Waals surface area contributed by atoms with Gasteiger partial charge in [-0.25, -0.2) is 0 Å². The zero-order chi connectivity index (χ0) is 18.1. The molecule has 3 rings (SSSR count). The molecule has 1 unspecified atom stereocenters. The Labute approximate surface area is 152 Å². The summed E-state index contributed by atoms with van der Waals surface area (Å²) in [4.78, 5) is 35.5. The first-order valence-electron chi connectivity index (χ1n) is 7.20. The van der Waals surface area contributed by atoms with E-state index in [1.54, 1.807) is 0 Å². The van der Waals surface area contributed by atoms with Crippen LogP contribution in [0.25, 0.3) is 0 Å². The highest BCUT2D eigenvalue weighted by atomic mass is 35.5. The molecule has 1 aliphatic rings. The topological polar surface area (TPSA) is 101 Å². The van der Waals surface area contributed by atoms with Crippen LogP contribution in [-0.4, -0.2) is 22.8 Å². The van der Waals surface area contributed by atoms with E-state index in [9.17, 15) is 19.7 Å². The van der Waals surface area contributed by atoms with Crippen molar-refractivity contribution in [3.8, 4) is 0 Å². The third-order valence-corrected chi connectivity index (χ3v) is 4.54. The number of amides is 2. The minimum Gasteiger partial charge on any atom is -0.340 e. The van der Waals surface area contributed by atoms with Gasteiger partial charge in [0, 0.05) is 6.42 Å². The normalized spacial score (nSPS) is 16.5. The van der Waals surface area contributed by atoms with E-state index in [0.717, 1.165) is 5.56 Å². The standard InChI is InChI=1S/C16H11Cl2N3O4/c17-9-7-10-12(14(13(9)18)21(24)25)16(23)20-11(15(22)19-10)6-8-4-2-1-3-5-8/h1-5,7,11H,6H2,(H,19,22)(H,20,23). The zero-order valence-corrected chi connectivity index (χ0v) is 14.1. The van der Waals surface area contributed by atoms with E-state index in [2.05, 4.69) is 10.6 Å². The number of nitrogens with zero attached hydrogens (tertiary/aromatic N) is 1. The summed E-state index contributed by atoms with van der Waals surface area (Å²) in [5, 5.41) is 15.9. The first-order valence-corrected chi connectivity index (χ1v) is 7.96. The number of benzene rings is 2. The number of carbonyl (C=O) groups is 2. The molecule has 1 heterocycles. The molecule has 2 aromatic carbocycles. The number of fused-ring (bicyclic) bond motifs is 1. The third-order valence-electron chi connectivity index (χ3n) is 3.77. The van der Waals surface area contributed by atoms with Gasteiger partial charge in [-0.1, -0.05) is 53.5 Å². The fraction of sp³-hybridized carbons (Fsp3) is 0.125. The molecule has 2 N–H and O–H groups in total. The number of carbonyl (C=O) groups excluding carboxylic acids is 2. The summed E-state index contributed by atoms with van der Waals surface area (Å²) in [5.41, 5.74) is -0.163. The van der Waals surface area contributed by atoms with Crippen LogP contribution in [0.15, 0.2) is 36.4 Å². The molecular formula is C16H11Cl2N3O4. The quantitative estimate of drug-likeness (QED) is 0.631. The number of anilines is 1. The second kappa shape index (κ2) is 6.70. The summed E-state index contributed by atoms with van der Waals surface area (Å²) in [7, 11) is 0. The first kappa shape index (κ1) is 17.2. The van der Waals surface area contributed by atoms with Crippen molar-refractivity contribution < 1.29 is 14.5 Å². The van der Waals surface area contributed by atoms with E-state index in [-0.39, 0.29) is 27.7 Å². The van der Waals surface area contributed by atoms with Crippen molar-refractivity contribution >= 4 is 46.4 Å². The second-order valence-electron chi connectivity index (χ2n) is 5.41. The van der Waals surface area contributed by atoms with Crippen molar-refractivity contribution in [2.45, 2.75) is 12.5 Å². The minimum absolute atomic E-state index is 0.0424. The van der Waals surface area contributed by atoms with E-state index in [0.29, 0.717) is 0 Å². The maximum atomic E-state index is 12.5. The van der Waals surface area contributed by atoms with Crippen LogP contribution in [0.3, 0.4) is 0 Å². The van der Waals surface area contributed by atoms with Crippen LogP contribution in [0.2, 0.25) is 10.0 Å². The maximum Gasteiger partial charge on any atom is 0.304 e. The molecule has 0 radical (unpaired) electrons. The van der Waals surface area contributed by atoms with Crippen molar-refractivity contribution in [1.29, 1.82) is 0 Å². The molecule has 0 saturated carbocycles. The lowest BCUT2D eigenvalue weighted by Gasteiger charge is -2.14. The Morgan fingerprint density at radius 3 is 2.48 bits per heavy atom. The zero-order valence-electron chi connectivity index (χ0n) is 12.6. The lowest BCUT2D eigenvalue weighted by atomic mass is 10.1. The van der Waals surface area contributed by atoms with Crippen molar-refractivity contribution in [2.75, 3.05) is 5.32 Å². The fourth-order valence-electron chi connectivity index (χ4n) is 2.62. The van der Waals surface area contributed by atoms with Crippen LogP contribution >= 0.6 is 23.2 Å². The summed E-state index contributed by atoms with van der Waals surface area (Å²) in [6.45, 7) is 0. The Morgan fingerprint density at radius 1 is 1.16 bits per heavy atom. The summed E-state index contributed by atoms with van der Waals surface area (Å²) in [6.07, 6.45) is 0.238. The predicted octanol–water partition coefficient (Wildman–Crippen LogP) is 3.19. The molecule has 9 heteroatoms. The van der Waals surface area contributed by atoms with Gasteiger partial charge in [0.1, 0.15) is 16.6 Å². The number of nitro groups is 1. The van der Waals surface area contributed by atoms with E-state index in [1.807, 2.05) is 30.3 Å². The highest BCUT2D eigenvalue weighted by Gasteiger charge is 2.36. The SMILES string of the molecule is O=C1NC(Cc2ccccc2)C(=O)Nc2cc(Cl)c(Cl)c([N+](=O)[O-])c21. The largest absolute Gasteiger partial charge is 0.340 e. The second-order valence-corrected chi connectivity index (χ2v) is 6.19. The van der Waals surface area contributed by atoms with Gasteiger partial charge in [0.25, 0.3) is 5.91 Å². The molecule has 1 atom stereocenters. The molecule has 0 spiro atoms. The molecule has 128 valence electrons. The van der Waals surface area contributed by atoms with Gasteiger partial charge >= 0.3 is 5.69 Å². The average Bonchev–Trinajstić information content (AvgIpc) is 2.67. The van der Waals surface area contributed by atoms with Crippen molar-refractivity contribution in [1.82, 2.24) is 5.32 Å². The average molecular weight is 380 g/mol. The van der Waals surface area contributed by atoms with E-state index in [1.165, 1.54) is 6.07 Å². The number of hydrogen-bond acceptors (Lipinski definition) is 4. The summed E-state index contributed by atoms with van der Waals surface area (Å²) >= 11 is 11.8. The van der Waals surface area contributed by atoms with Crippen molar-refractivity contribution in [3.63, 3.8) is 0 Å². The smallest absolute Gasteiger partial charge is 0.304 e. The first-order chi connectivity index (χ1) is 11.9. The number of rotatable bonds is 3. The number of nitrogens with one attached hydrogen (secondary N) is 2. The number of nitro benzene ring substituents is 1. The Bertz CT molecular complexity index is 887. The molecule has 25 heavy (non-hydrogen) atoms. The van der Waals surface area contributed by atoms with Gasteiger partial charge in [-0.05, 0) is 11.6 Å². The fourth-order valence-corrected chi connectivity index (χ4v) is 3.04. The van der Waals surface area contributed by atoms with Crippen molar-refractivity contribution in [2.24, 2.45) is 0 Å². The lowest BCUT2D eigenvalue weighted by Crippen LogP contribution is -2.42. The molecule has 2 aromatic rings. The predicted molar refractivity (Wildman–Crippen MR) is 93.1 cm³/mol. The van der Waals surface area contributed by atoms with Gasteiger partial charge in [-0.15, -0.1) is 0 Å². The third kappa shape index (κ3) is 3.29. The maximum absolute atomic E-state index is 12.5. The van der Waals surface area contributed by atoms with Gasteiger partial charge in [0.05, 0.1) is 15.6 Å². The molecule has 1 aliphatic heterocycles. The Hall–Kier alpha value is -2.64. The van der Waals surface area contributed by atoms with Gasteiger partial charge in [-0.3, -0.25) is 19.7 Å². The highest BCUT2D eigenvalue weighted by Crippen LogP contribution is 2.40. The lowest BCUT2D eigenvalue weighted by molar-refractivity contribution is -0.384. The van der Waals surface area contributed by atoms with Crippen LogP contribution in [0.5, 0.6) is 0 Å². The minimum atomic E-state index is -0.889. The van der Waals surface area contributed by atoms with Gasteiger partial charge in [0.15, 0.2) is 0 Å². The molecule has 0 aliphatic carbocycles. The number of hydrogen-bond donors (Lipinski definition) is 2. The molecule has 0 bridgehead atoms. The molecule has 7 nitrogen and oxygen atoms in total. The van der Waals surface area contributed by atoms with Gasteiger partial charge in [0.2, 0.25) is 5.91 Å². The van der Waals surface area contributed by atoms with Crippen LogP contribution in [0, 0.1) is 10.1 Å². The van der Waals surface area contributed by atoms with Gasteiger partial charge in [-0.2, -0.15) is 0 Å². The Kier molecular flexibility index (Phi) is 4.61. The number of halogens is 2. The molecule has 2 amide bonds. The molecule has 0 fully saturated rings. The van der Waals surface area contributed by atoms with Crippen molar-refractivity contribution in [3.05, 3.63) is 67.7 Å². The van der Waals surface area contributed by atoms with Crippen LogP contribution < -0.4 is 10.6 Å². The molecular weight excluding hydrogens is 369 g/mol. The molecule has 0 aromatic heterocycles. The van der Waals surface area contributed by atoms with Crippen LogP contribution in [-0.2, 0) is 11.2 Å². The van der Waals surface area contributed by atoms with Crippen LogP contribution in [0.4, 0.5) is 11.4 Å².